The number of carboxylic acid groups (broad SMARTS) is 1. The molecule has 100 valence electrons. The number of aliphatic hydroxyl groups is 1. The SMILES string of the molecule is CCCC(C(=O)O)C(O)c1cc(F)c(F)c(F)c1. The molecule has 0 amide bonds. The maximum absolute atomic E-state index is 13.0. The van der Waals surface area contributed by atoms with Gasteiger partial charge in [0.1, 0.15) is 0 Å². The van der Waals surface area contributed by atoms with Crippen LogP contribution in [-0.2, 0) is 4.79 Å². The van der Waals surface area contributed by atoms with Crippen molar-refractivity contribution in [3.05, 3.63) is 35.1 Å². The van der Waals surface area contributed by atoms with E-state index in [0.717, 1.165) is 0 Å². The molecule has 3 nitrogen and oxygen atoms in total. The Labute approximate surface area is 102 Å². The highest BCUT2D eigenvalue weighted by Crippen LogP contribution is 2.28. The molecule has 0 saturated heterocycles. The molecule has 0 fully saturated rings. The second-order valence-electron chi connectivity index (χ2n) is 3.98. The van der Waals surface area contributed by atoms with Crippen LogP contribution in [0.25, 0.3) is 0 Å². The van der Waals surface area contributed by atoms with E-state index in [9.17, 15) is 23.1 Å². The van der Waals surface area contributed by atoms with Crippen LogP contribution < -0.4 is 0 Å². The first-order chi connectivity index (χ1) is 8.38. The summed E-state index contributed by atoms with van der Waals surface area (Å²) >= 11 is 0. The van der Waals surface area contributed by atoms with E-state index >= 15 is 0 Å². The average molecular weight is 262 g/mol. The minimum Gasteiger partial charge on any atom is -0.481 e. The largest absolute Gasteiger partial charge is 0.481 e. The number of halogens is 3. The van der Waals surface area contributed by atoms with Crippen molar-refractivity contribution < 1.29 is 28.2 Å². The Morgan fingerprint density at radius 2 is 1.78 bits per heavy atom. The smallest absolute Gasteiger partial charge is 0.309 e. The molecule has 0 aliphatic rings. The van der Waals surface area contributed by atoms with E-state index in [2.05, 4.69) is 0 Å². The van der Waals surface area contributed by atoms with Crippen LogP contribution in [0.4, 0.5) is 13.2 Å². The van der Waals surface area contributed by atoms with Gasteiger partial charge in [-0.25, -0.2) is 13.2 Å². The van der Waals surface area contributed by atoms with Crippen molar-refractivity contribution in [2.45, 2.75) is 25.9 Å². The van der Waals surface area contributed by atoms with Gasteiger partial charge in [-0.05, 0) is 24.1 Å². The van der Waals surface area contributed by atoms with Crippen LogP contribution in [0.2, 0.25) is 0 Å². The van der Waals surface area contributed by atoms with E-state index in [0.29, 0.717) is 18.6 Å². The third kappa shape index (κ3) is 3.01. The van der Waals surface area contributed by atoms with Gasteiger partial charge in [-0.1, -0.05) is 13.3 Å². The predicted molar refractivity (Wildman–Crippen MR) is 57.3 cm³/mol. The van der Waals surface area contributed by atoms with Crippen LogP contribution in [0.1, 0.15) is 31.4 Å². The molecule has 6 heteroatoms. The summed E-state index contributed by atoms with van der Waals surface area (Å²) < 4.78 is 38.7. The van der Waals surface area contributed by atoms with E-state index in [-0.39, 0.29) is 12.0 Å². The summed E-state index contributed by atoms with van der Waals surface area (Å²) in [4.78, 5) is 10.9. The highest BCUT2D eigenvalue weighted by Gasteiger charge is 2.28. The van der Waals surface area contributed by atoms with Crippen molar-refractivity contribution in [1.82, 2.24) is 0 Å². The topological polar surface area (TPSA) is 57.5 Å². The first-order valence-electron chi connectivity index (χ1n) is 5.43. The number of hydrogen-bond donors (Lipinski definition) is 2. The van der Waals surface area contributed by atoms with Gasteiger partial charge in [-0.2, -0.15) is 0 Å². The van der Waals surface area contributed by atoms with Gasteiger partial charge in [0.25, 0.3) is 0 Å². The van der Waals surface area contributed by atoms with Crippen LogP contribution >= 0.6 is 0 Å². The minimum absolute atomic E-state index is 0.150. The number of rotatable bonds is 5. The Kier molecular flexibility index (Phi) is 4.72. The summed E-state index contributed by atoms with van der Waals surface area (Å²) in [6.45, 7) is 1.72. The Bertz CT molecular complexity index is 425. The number of aliphatic hydroxyl groups excluding tert-OH is 1. The minimum atomic E-state index is -1.65. The molecule has 18 heavy (non-hydrogen) atoms. The molecule has 0 spiro atoms. The van der Waals surface area contributed by atoms with E-state index in [1.165, 1.54) is 0 Å². The zero-order valence-corrected chi connectivity index (χ0v) is 9.66. The molecule has 1 rings (SSSR count). The Morgan fingerprint density at radius 1 is 1.28 bits per heavy atom. The van der Waals surface area contributed by atoms with E-state index < -0.39 is 35.4 Å². The van der Waals surface area contributed by atoms with Gasteiger partial charge in [0.15, 0.2) is 17.5 Å². The molecule has 0 aliphatic carbocycles. The number of carboxylic acids is 1. The summed E-state index contributed by atoms with van der Waals surface area (Å²) in [7, 11) is 0. The van der Waals surface area contributed by atoms with Crippen molar-refractivity contribution >= 4 is 5.97 Å². The fraction of sp³-hybridized carbons (Fsp3) is 0.417. The third-order valence-corrected chi connectivity index (χ3v) is 2.65. The van der Waals surface area contributed by atoms with E-state index in [1.54, 1.807) is 6.92 Å². The standard InChI is InChI=1S/C12H13F3O3/c1-2-3-7(12(17)18)11(16)6-4-8(13)10(15)9(14)5-6/h4-5,7,11,16H,2-3H2,1H3,(H,17,18). The molecule has 1 aromatic rings. The first kappa shape index (κ1) is 14.5. The van der Waals surface area contributed by atoms with Crippen LogP contribution in [-0.4, -0.2) is 16.2 Å². The maximum Gasteiger partial charge on any atom is 0.309 e. The van der Waals surface area contributed by atoms with Gasteiger partial charge in [0.05, 0.1) is 12.0 Å². The fourth-order valence-electron chi connectivity index (χ4n) is 1.71. The molecule has 0 saturated carbocycles. The Balaban J connectivity index is 3.08. The molecule has 0 heterocycles. The highest BCUT2D eigenvalue weighted by molar-refractivity contribution is 5.71. The van der Waals surface area contributed by atoms with Crippen molar-refractivity contribution in [2.75, 3.05) is 0 Å². The van der Waals surface area contributed by atoms with E-state index in [4.69, 9.17) is 5.11 Å². The highest BCUT2D eigenvalue weighted by atomic mass is 19.2. The summed E-state index contributed by atoms with van der Waals surface area (Å²) in [5, 5.41) is 18.7. The molecule has 2 unspecified atom stereocenters. The average Bonchev–Trinajstić information content (AvgIpc) is 2.31. The molecule has 2 atom stereocenters. The second kappa shape index (κ2) is 5.86. The number of hydrogen-bond acceptors (Lipinski definition) is 2. The number of carbonyl (C=O) groups is 1. The summed E-state index contributed by atoms with van der Waals surface area (Å²) in [6.07, 6.45) is -0.941. The van der Waals surface area contributed by atoms with Crippen LogP contribution in [0, 0.1) is 23.4 Å². The van der Waals surface area contributed by atoms with Gasteiger partial charge < -0.3 is 10.2 Å². The maximum atomic E-state index is 13.0. The summed E-state index contributed by atoms with van der Waals surface area (Å²) in [5.74, 6) is -7.00. The zero-order valence-electron chi connectivity index (χ0n) is 9.66. The van der Waals surface area contributed by atoms with Crippen molar-refractivity contribution in [3.63, 3.8) is 0 Å². The molecule has 0 bridgehead atoms. The summed E-state index contributed by atoms with van der Waals surface area (Å²) in [6, 6.07) is 1.21. The normalized spacial score (nSPS) is 14.3. The monoisotopic (exact) mass is 262 g/mol. The van der Waals surface area contributed by atoms with E-state index in [1.807, 2.05) is 0 Å². The lowest BCUT2D eigenvalue weighted by Crippen LogP contribution is -2.22. The van der Waals surface area contributed by atoms with Crippen LogP contribution in [0.15, 0.2) is 12.1 Å². The lowest BCUT2D eigenvalue weighted by Gasteiger charge is -2.19. The van der Waals surface area contributed by atoms with Gasteiger partial charge >= 0.3 is 5.97 Å². The molecular formula is C12H13F3O3. The molecular weight excluding hydrogens is 249 g/mol. The lowest BCUT2D eigenvalue weighted by molar-refractivity contribution is -0.146. The molecule has 0 aromatic heterocycles. The van der Waals surface area contributed by atoms with Gasteiger partial charge in [0.2, 0.25) is 0 Å². The number of aliphatic carboxylic acids is 1. The van der Waals surface area contributed by atoms with Crippen LogP contribution in [0.3, 0.4) is 0 Å². The number of benzene rings is 1. The van der Waals surface area contributed by atoms with Crippen molar-refractivity contribution in [1.29, 1.82) is 0 Å². The lowest BCUT2D eigenvalue weighted by atomic mass is 9.92. The Hall–Kier alpha value is -1.56. The van der Waals surface area contributed by atoms with Gasteiger partial charge in [0, 0.05) is 0 Å². The second-order valence-corrected chi connectivity index (χ2v) is 3.98. The van der Waals surface area contributed by atoms with Crippen molar-refractivity contribution in [2.24, 2.45) is 5.92 Å². The fourth-order valence-corrected chi connectivity index (χ4v) is 1.71. The first-order valence-corrected chi connectivity index (χ1v) is 5.43. The van der Waals surface area contributed by atoms with Gasteiger partial charge in [-0.3, -0.25) is 4.79 Å². The predicted octanol–water partition coefficient (Wildman–Crippen LogP) is 2.64. The third-order valence-electron chi connectivity index (χ3n) is 2.65. The molecule has 0 aliphatic heterocycles. The van der Waals surface area contributed by atoms with Crippen LogP contribution in [0.5, 0.6) is 0 Å². The molecule has 0 radical (unpaired) electrons. The quantitative estimate of drug-likeness (QED) is 0.802. The van der Waals surface area contributed by atoms with Crippen molar-refractivity contribution in [3.8, 4) is 0 Å². The van der Waals surface area contributed by atoms with Gasteiger partial charge in [-0.15, -0.1) is 0 Å². The Morgan fingerprint density at radius 3 is 2.17 bits per heavy atom. The summed E-state index contributed by atoms with van der Waals surface area (Å²) in [5.41, 5.74) is -0.285. The molecule has 2 N–H and O–H groups in total. The zero-order chi connectivity index (χ0) is 13.9. The molecule has 1 aromatic carbocycles.